The SMILES string of the molecule is CCCC1(c2nc(-c3ccc(F)cc3Cl)no2)CCCN1. The molecule has 4 nitrogen and oxygen atoms in total. The molecular formula is C15H17ClFN3O. The Morgan fingerprint density at radius 3 is 3.00 bits per heavy atom. The van der Waals surface area contributed by atoms with Crippen LogP contribution in [0, 0.1) is 5.82 Å². The number of hydrogen-bond donors (Lipinski definition) is 1. The van der Waals surface area contributed by atoms with Crippen LogP contribution in [0.3, 0.4) is 0 Å². The van der Waals surface area contributed by atoms with Crippen molar-refractivity contribution in [3.63, 3.8) is 0 Å². The predicted molar refractivity (Wildman–Crippen MR) is 78.5 cm³/mol. The highest BCUT2D eigenvalue weighted by atomic mass is 35.5. The van der Waals surface area contributed by atoms with E-state index in [0.717, 1.165) is 32.2 Å². The van der Waals surface area contributed by atoms with Crippen LogP contribution in [-0.2, 0) is 5.54 Å². The van der Waals surface area contributed by atoms with E-state index in [9.17, 15) is 4.39 Å². The Morgan fingerprint density at radius 2 is 2.33 bits per heavy atom. The summed E-state index contributed by atoms with van der Waals surface area (Å²) in [6, 6.07) is 4.16. The molecule has 0 amide bonds. The zero-order chi connectivity index (χ0) is 14.9. The smallest absolute Gasteiger partial charge is 0.247 e. The van der Waals surface area contributed by atoms with Crippen LogP contribution in [0.5, 0.6) is 0 Å². The third-order valence-electron chi connectivity index (χ3n) is 3.93. The maximum Gasteiger partial charge on any atom is 0.247 e. The molecule has 112 valence electrons. The Hall–Kier alpha value is -1.46. The second kappa shape index (κ2) is 5.73. The Bertz CT molecular complexity index is 638. The lowest BCUT2D eigenvalue weighted by Crippen LogP contribution is -2.36. The monoisotopic (exact) mass is 309 g/mol. The molecule has 21 heavy (non-hydrogen) atoms. The lowest BCUT2D eigenvalue weighted by atomic mass is 9.92. The zero-order valence-corrected chi connectivity index (χ0v) is 12.6. The molecule has 0 radical (unpaired) electrons. The van der Waals surface area contributed by atoms with Gasteiger partial charge in [-0.05, 0) is 44.0 Å². The Morgan fingerprint density at radius 1 is 1.48 bits per heavy atom. The van der Waals surface area contributed by atoms with Crippen molar-refractivity contribution in [2.75, 3.05) is 6.54 Å². The van der Waals surface area contributed by atoms with Crippen molar-refractivity contribution in [2.45, 2.75) is 38.1 Å². The summed E-state index contributed by atoms with van der Waals surface area (Å²) in [5.74, 6) is 0.615. The van der Waals surface area contributed by atoms with Crippen LogP contribution in [0.2, 0.25) is 5.02 Å². The van der Waals surface area contributed by atoms with E-state index >= 15 is 0 Å². The summed E-state index contributed by atoms with van der Waals surface area (Å²) < 4.78 is 18.6. The quantitative estimate of drug-likeness (QED) is 0.930. The first-order valence-electron chi connectivity index (χ1n) is 7.19. The van der Waals surface area contributed by atoms with Crippen molar-refractivity contribution in [1.82, 2.24) is 15.5 Å². The largest absolute Gasteiger partial charge is 0.337 e. The predicted octanol–water partition coefficient (Wildman–Crippen LogP) is 3.91. The van der Waals surface area contributed by atoms with Crippen LogP contribution in [0.1, 0.15) is 38.5 Å². The van der Waals surface area contributed by atoms with Gasteiger partial charge in [-0.1, -0.05) is 30.1 Å². The van der Waals surface area contributed by atoms with Gasteiger partial charge in [-0.2, -0.15) is 4.98 Å². The van der Waals surface area contributed by atoms with E-state index in [1.54, 1.807) is 6.07 Å². The minimum absolute atomic E-state index is 0.230. The number of nitrogens with zero attached hydrogens (tertiary/aromatic N) is 2. The summed E-state index contributed by atoms with van der Waals surface area (Å²) >= 11 is 6.05. The van der Waals surface area contributed by atoms with E-state index in [1.807, 2.05) is 0 Å². The lowest BCUT2D eigenvalue weighted by Gasteiger charge is -2.24. The zero-order valence-electron chi connectivity index (χ0n) is 11.8. The molecule has 1 saturated heterocycles. The molecule has 0 bridgehead atoms. The second-order valence-electron chi connectivity index (χ2n) is 5.41. The lowest BCUT2D eigenvalue weighted by molar-refractivity contribution is 0.241. The average molecular weight is 310 g/mol. The van der Waals surface area contributed by atoms with Crippen LogP contribution in [0.4, 0.5) is 4.39 Å². The third kappa shape index (κ3) is 2.68. The fraction of sp³-hybridized carbons (Fsp3) is 0.467. The summed E-state index contributed by atoms with van der Waals surface area (Å²) in [6.07, 6.45) is 4.06. The van der Waals surface area contributed by atoms with E-state index in [4.69, 9.17) is 16.1 Å². The van der Waals surface area contributed by atoms with Crippen molar-refractivity contribution in [3.8, 4) is 11.4 Å². The molecule has 6 heteroatoms. The summed E-state index contributed by atoms with van der Waals surface area (Å²) in [5.41, 5.74) is 0.352. The van der Waals surface area contributed by atoms with Crippen molar-refractivity contribution in [1.29, 1.82) is 0 Å². The first-order valence-corrected chi connectivity index (χ1v) is 7.57. The summed E-state index contributed by atoms with van der Waals surface area (Å²) in [5, 5.41) is 7.79. The van der Waals surface area contributed by atoms with Crippen LogP contribution in [0.15, 0.2) is 22.7 Å². The number of nitrogens with one attached hydrogen (secondary N) is 1. The average Bonchev–Trinajstić information content (AvgIpc) is 3.08. The number of hydrogen-bond acceptors (Lipinski definition) is 4. The van der Waals surface area contributed by atoms with Gasteiger partial charge in [0.2, 0.25) is 11.7 Å². The van der Waals surface area contributed by atoms with Gasteiger partial charge in [-0.15, -0.1) is 0 Å². The van der Waals surface area contributed by atoms with Crippen molar-refractivity contribution in [2.24, 2.45) is 0 Å². The highest BCUT2D eigenvalue weighted by molar-refractivity contribution is 6.33. The summed E-state index contributed by atoms with van der Waals surface area (Å²) in [7, 11) is 0. The number of aromatic nitrogens is 2. The van der Waals surface area contributed by atoms with Crippen molar-refractivity contribution < 1.29 is 8.91 Å². The number of rotatable bonds is 4. The van der Waals surface area contributed by atoms with Gasteiger partial charge >= 0.3 is 0 Å². The molecule has 2 heterocycles. The van der Waals surface area contributed by atoms with Gasteiger partial charge in [-0.3, -0.25) is 0 Å². The molecule has 1 aromatic heterocycles. The maximum absolute atomic E-state index is 13.1. The summed E-state index contributed by atoms with van der Waals surface area (Å²) in [4.78, 5) is 4.50. The first-order chi connectivity index (χ1) is 10.1. The standard InChI is InChI=1S/C15H17ClFN3O/c1-2-6-15(7-3-8-18-15)14-19-13(20-21-14)11-5-4-10(17)9-12(11)16/h4-5,9,18H,2-3,6-8H2,1H3. The molecule has 2 aromatic rings. The van der Waals surface area contributed by atoms with Crippen molar-refractivity contribution >= 4 is 11.6 Å². The van der Waals surface area contributed by atoms with Gasteiger partial charge in [0.1, 0.15) is 5.82 Å². The third-order valence-corrected chi connectivity index (χ3v) is 4.24. The molecular weight excluding hydrogens is 293 g/mol. The molecule has 3 rings (SSSR count). The molecule has 1 N–H and O–H groups in total. The molecule has 0 spiro atoms. The maximum atomic E-state index is 13.1. The van der Waals surface area contributed by atoms with E-state index in [2.05, 4.69) is 22.4 Å². The molecule has 1 aromatic carbocycles. The molecule has 1 atom stereocenters. The Balaban J connectivity index is 1.95. The highest BCUT2D eigenvalue weighted by Crippen LogP contribution is 2.36. The van der Waals surface area contributed by atoms with Crippen LogP contribution in [-0.4, -0.2) is 16.7 Å². The van der Waals surface area contributed by atoms with Crippen LogP contribution >= 0.6 is 11.6 Å². The minimum atomic E-state index is -0.382. The van der Waals surface area contributed by atoms with Gasteiger partial charge in [0.15, 0.2) is 0 Å². The summed E-state index contributed by atoms with van der Waals surface area (Å²) in [6.45, 7) is 3.09. The molecule has 1 aliphatic rings. The molecule has 1 aliphatic heterocycles. The minimum Gasteiger partial charge on any atom is -0.337 e. The highest BCUT2D eigenvalue weighted by Gasteiger charge is 2.39. The molecule has 1 unspecified atom stereocenters. The number of benzene rings is 1. The first kappa shape index (κ1) is 14.5. The van der Waals surface area contributed by atoms with Gasteiger partial charge < -0.3 is 9.84 Å². The van der Waals surface area contributed by atoms with Gasteiger partial charge in [0.05, 0.1) is 10.6 Å². The molecule has 1 fully saturated rings. The topological polar surface area (TPSA) is 51.0 Å². The molecule has 0 aliphatic carbocycles. The normalized spacial score (nSPS) is 21.9. The van der Waals surface area contributed by atoms with Crippen molar-refractivity contribution in [3.05, 3.63) is 34.9 Å². The van der Waals surface area contributed by atoms with E-state index in [-0.39, 0.29) is 16.4 Å². The van der Waals surface area contributed by atoms with Crippen LogP contribution in [0.25, 0.3) is 11.4 Å². The van der Waals surface area contributed by atoms with E-state index in [1.165, 1.54) is 12.1 Å². The van der Waals surface area contributed by atoms with Gasteiger partial charge in [0.25, 0.3) is 0 Å². The van der Waals surface area contributed by atoms with E-state index < -0.39 is 0 Å². The van der Waals surface area contributed by atoms with Gasteiger partial charge in [0, 0.05) is 5.56 Å². The molecule has 0 saturated carbocycles. The Kier molecular flexibility index (Phi) is 3.95. The van der Waals surface area contributed by atoms with Crippen LogP contribution < -0.4 is 5.32 Å². The second-order valence-corrected chi connectivity index (χ2v) is 5.82. The van der Waals surface area contributed by atoms with E-state index in [0.29, 0.717) is 17.3 Å². The number of halogens is 2. The van der Waals surface area contributed by atoms with Gasteiger partial charge in [-0.25, -0.2) is 4.39 Å². The fourth-order valence-corrected chi connectivity index (χ4v) is 3.19. The Labute approximate surface area is 127 Å². The fourth-order valence-electron chi connectivity index (χ4n) is 2.93.